The highest BCUT2D eigenvalue weighted by atomic mass is 31.1. The van der Waals surface area contributed by atoms with Crippen LogP contribution in [0.25, 0.3) is 0 Å². The first-order valence-corrected chi connectivity index (χ1v) is 15.4. The fourth-order valence-corrected chi connectivity index (χ4v) is 22.0. The Bertz CT molecular complexity index is 412. The highest BCUT2D eigenvalue weighted by Gasteiger charge is 2.37. The van der Waals surface area contributed by atoms with Crippen LogP contribution in [0.15, 0.2) is 24.3 Å². The lowest BCUT2D eigenvalue weighted by Gasteiger charge is -2.51. The molecule has 0 aromatic heterocycles. The molecule has 5 heteroatoms. The Morgan fingerprint density at radius 2 is 1.47 bits per heavy atom. The molecule has 0 bridgehead atoms. The average Bonchev–Trinajstić information content (AvgIpc) is 2.24. The topological polar surface area (TPSA) is 9.23 Å². The second-order valence-electron chi connectivity index (χ2n) is 7.21. The third kappa shape index (κ3) is 4.21. The monoisotopic (exact) mass is 308 g/mol. The van der Waals surface area contributed by atoms with Gasteiger partial charge in [-0.3, -0.25) is 0 Å². The van der Waals surface area contributed by atoms with E-state index in [1.807, 2.05) is 12.1 Å². The molecule has 0 fully saturated rings. The normalized spacial score (nSPS) is 14.6. The molecule has 1 rings (SSSR count). The first-order chi connectivity index (χ1) is 8.59. The zero-order valence-electron chi connectivity index (χ0n) is 13.3. The molecule has 1 aromatic carbocycles. The van der Waals surface area contributed by atoms with Crippen molar-refractivity contribution in [1.82, 2.24) is 0 Å². The van der Waals surface area contributed by atoms with Crippen LogP contribution in [0.5, 0.6) is 5.75 Å². The van der Waals surface area contributed by atoms with Crippen molar-refractivity contribution in [3.8, 4) is 5.75 Å². The van der Waals surface area contributed by atoms with Gasteiger partial charge in [0, 0.05) is 16.1 Å². The van der Waals surface area contributed by atoms with Gasteiger partial charge in [0.15, 0.2) is 0 Å². The summed E-state index contributed by atoms with van der Waals surface area (Å²) in [4.78, 5) is 0.700. The van der Waals surface area contributed by atoms with E-state index in [2.05, 4.69) is 51.4 Å². The molecule has 1 unspecified atom stereocenters. The van der Waals surface area contributed by atoms with E-state index >= 15 is 0 Å². The molecule has 1 atom stereocenters. The third-order valence-electron chi connectivity index (χ3n) is 3.28. The molecule has 0 heterocycles. The largest absolute Gasteiger partial charge is 0.573 e. The molecule has 105 valence electrons. The van der Waals surface area contributed by atoms with E-state index in [0.29, 0.717) is 4.91 Å². The number of rotatable bonds is 5. The van der Waals surface area contributed by atoms with Gasteiger partial charge in [0.25, 0.3) is 0 Å². The molecule has 3 radical (unpaired) electrons. The highest BCUT2D eigenvalue weighted by molar-refractivity contribution is 7.92. The van der Waals surface area contributed by atoms with E-state index in [9.17, 15) is 0 Å². The molecular weight excluding hydrogens is 282 g/mol. The van der Waals surface area contributed by atoms with Gasteiger partial charge in [-0.15, -0.1) is 0 Å². The number of hydrogen-bond donors (Lipinski definition) is 0. The molecule has 0 N–H and O–H groups in total. The molecule has 1 aromatic rings. The van der Waals surface area contributed by atoms with Gasteiger partial charge in [-0.1, -0.05) is 62.4 Å². The molecule has 0 aliphatic carbocycles. The first-order valence-electron chi connectivity index (χ1n) is 6.76. The average molecular weight is 308 g/mol. The minimum Gasteiger partial charge on any atom is -0.573 e. The van der Waals surface area contributed by atoms with E-state index in [1.54, 1.807) is 7.11 Å². The maximum Gasteiger partial charge on any atom is 0.122 e. The Labute approximate surface area is 123 Å². The van der Waals surface area contributed by atoms with Crippen molar-refractivity contribution >= 4 is 36.8 Å². The molecule has 0 spiro atoms. The maximum atomic E-state index is 6.74. The van der Waals surface area contributed by atoms with Crippen LogP contribution in [-0.4, -0.2) is 35.7 Å². The summed E-state index contributed by atoms with van der Waals surface area (Å²) in [6.07, 6.45) is 0. The van der Waals surface area contributed by atoms with Crippen molar-refractivity contribution in [1.29, 1.82) is 0 Å². The van der Waals surface area contributed by atoms with Crippen LogP contribution in [0.4, 0.5) is 0 Å². The predicted octanol–water partition coefficient (Wildman–Crippen LogP) is 4.01. The van der Waals surface area contributed by atoms with Crippen molar-refractivity contribution in [2.75, 3.05) is 7.11 Å². The van der Waals surface area contributed by atoms with Crippen molar-refractivity contribution in [3.63, 3.8) is 0 Å². The van der Waals surface area contributed by atoms with Gasteiger partial charge in [-0.25, -0.2) is 0 Å². The minimum atomic E-state index is -1.29. The number of ether oxygens (including phenoxy) is 1. The number of para-hydroxylation sites is 1. The Morgan fingerprint density at radius 3 is 1.89 bits per heavy atom. The number of methoxy groups -OCH3 is 1. The van der Waals surface area contributed by atoms with E-state index in [0.717, 1.165) is 5.75 Å². The summed E-state index contributed by atoms with van der Waals surface area (Å²) in [6, 6.07) is 8.27. The summed E-state index contributed by atoms with van der Waals surface area (Å²) in [5.74, 6) is 0.956. The molecule has 0 aliphatic rings. The lowest BCUT2D eigenvalue weighted by atomic mass is 10.3. The van der Waals surface area contributed by atoms with E-state index < -0.39 is 23.9 Å². The molecule has 0 saturated carbocycles. The lowest BCUT2D eigenvalue weighted by Crippen LogP contribution is -2.53. The van der Waals surface area contributed by atoms with Crippen LogP contribution in [0.3, 0.4) is 0 Å². The SMILES string of the molecule is [B-]P(c1ccccc1OC)C([Si](C)(C)C)[Si](C)(C)C. The zero-order chi connectivity index (χ0) is 14.8. The summed E-state index contributed by atoms with van der Waals surface area (Å²) in [6.45, 7) is 14.7. The van der Waals surface area contributed by atoms with Gasteiger partial charge < -0.3 is 20.1 Å². The number of hydrogen-bond acceptors (Lipinski definition) is 1. The standard InChI is InChI=1S/C14H26BOPSi2/c1-16-12-10-8-9-11-13(12)17(15)14(18(2,3)4)19(5,6)7/h8-11,14H,1-7H3/q-1. The second kappa shape index (κ2) is 6.15. The van der Waals surface area contributed by atoms with Crippen molar-refractivity contribution in [2.45, 2.75) is 44.2 Å². The Morgan fingerprint density at radius 1 is 1.00 bits per heavy atom. The maximum absolute atomic E-state index is 6.74. The van der Waals surface area contributed by atoms with Crippen LogP contribution < -0.4 is 10.0 Å². The fourth-order valence-electron chi connectivity index (χ4n) is 3.12. The van der Waals surface area contributed by atoms with Gasteiger partial charge >= 0.3 is 0 Å². The quantitative estimate of drug-likeness (QED) is 0.590. The fraction of sp³-hybridized carbons (Fsp3) is 0.571. The number of benzene rings is 1. The second-order valence-corrected chi connectivity index (χ2v) is 21.2. The Kier molecular flexibility index (Phi) is 5.51. The van der Waals surface area contributed by atoms with Crippen molar-refractivity contribution < 1.29 is 4.74 Å². The zero-order valence-corrected chi connectivity index (χ0v) is 16.2. The van der Waals surface area contributed by atoms with E-state index in [4.69, 9.17) is 12.3 Å². The third-order valence-corrected chi connectivity index (χ3v) is 19.6. The van der Waals surface area contributed by atoms with Crippen molar-refractivity contribution in [3.05, 3.63) is 24.3 Å². The van der Waals surface area contributed by atoms with Gasteiger partial charge in [0.1, 0.15) is 5.75 Å². The van der Waals surface area contributed by atoms with Crippen LogP contribution in [0.2, 0.25) is 39.3 Å². The molecule has 0 amide bonds. The summed E-state index contributed by atoms with van der Waals surface area (Å²) in [7, 11) is 5.25. The molecule has 0 saturated heterocycles. The van der Waals surface area contributed by atoms with Crippen molar-refractivity contribution in [2.24, 2.45) is 0 Å². The summed E-state index contributed by atoms with van der Waals surface area (Å²) < 4.78 is 5.51. The smallest absolute Gasteiger partial charge is 0.122 e. The Hall–Kier alpha value is -0.0513. The van der Waals surface area contributed by atoms with Gasteiger partial charge in [0.05, 0.1) is 7.11 Å². The molecule has 1 nitrogen and oxygen atoms in total. The lowest BCUT2D eigenvalue weighted by molar-refractivity contribution is 0.418. The Balaban J connectivity index is 3.24. The van der Waals surface area contributed by atoms with E-state index in [1.165, 1.54) is 5.30 Å². The highest BCUT2D eigenvalue weighted by Crippen LogP contribution is 2.46. The van der Waals surface area contributed by atoms with Gasteiger partial charge in [-0.05, 0) is 11.4 Å². The van der Waals surface area contributed by atoms with Gasteiger partial charge in [0.2, 0.25) is 0 Å². The predicted molar refractivity (Wildman–Crippen MR) is 95.8 cm³/mol. The summed E-state index contributed by atoms with van der Waals surface area (Å²) >= 11 is 0. The van der Waals surface area contributed by atoms with Gasteiger partial charge in [-0.2, -0.15) is 0 Å². The first kappa shape index (κ1) is 17.0. The van der Waals surface area contributed by atoms with E-state index in [-0.39, 0.29) is 0 Å². The molecular formula is C14H26BOPSi2-. The minimum absolute atomic E-state index is 0.643. The molecule has 19 heavy (non-hydrogen) atoms. The summed E-state index contributed by atoms with van der Waals surface area (Å²) in [5, 5.41) is 1.23. The van der Waals surface area contributed by atoms with Crippen LogP contribution in [0.1, 0.15) is 0 Å². The molecule has 0 aliphatic heterocycles. The summed E-state index contributed by atoms with van der Waals surface area (Å²) in [5.41, 5.74) is 0. The van der Waals surface area contributed by atoms with Crippen LogP contribution in [0, 0.1) is 0 Å². The van der Waals surface area contributed by atoms with Crippen LogP contribution in [-0.2, 0) is 0 Å². The van der Waals surface area contributed by atoms with Crippen LogP contribution >= 0.6 is 7.80 Å².